The highest BCUT2D eigenvalue weighted by molar-refractivity contribution is 14.1. The highest BCUT2D eigenvalue weighted by Gasteiger charge is 2.39. The van der Waals surface area contributed by atoms with Gasteiger partial charge in [-0.15, -0.1) is 0 Å². The second-order valence-electron chi connectivity index (χ2n) is 4.46. The minimum absolute atomic E-state index is 0.124. The number of anilines is 2. The topological polar surface area (TPSA) is 67.5 Å². The molecule has 0 spiro atoms. The van der Waals surface area contributed by atoms with Crippen molar-refractivity contribution in [3.05, 3.63) is 21.8 Å². The molecule has 94 valence electrons. The highest BCUT2D eigenvalue weighted by atomic mass is 127. The normalized spacial score (nSPS) is 28.3. The largest absolute Gasteiger partial charge is 0.399 e. The molecule has 2 unspecified atom stereocenters. The quantitative estimate of drug-likeness (QED) is 0.576. The van der Waals surface area contributed by atoms with Crippen molar-refractivity contribution in [2.45, 2.75) is 25.0 Å². The van der Waals surface area contributed by atoms with Crippen LogP contribution < -0.4 is 11.1 Å². The molecule has 1 heterocycles. The number of nitrogen functional groups attached to an aromatic ring is 1. The van der Waals surface area contributed by atoms with Gasteiger partial charge in [-0.3, -0.25) is 0 Å². The lowest BCUT2D eigenvalue weighted by molar-refractivity contribution is -0.0176. The summed E-state index contributed by atoms with van der Waals surface area (Å²) >= 11 is 2.23. The van der Waals surface area contributed by atoms with Crippen LogP contribution in [0, 0.1) is 3.57 Å². The van der Waals surface area contributed by atoms with E-state index in [1.54, 1.807) is 0 Å². The molecule has 2 atom stereocenters. The van der Waals surface area contributed by atoms with Crippen LogP contribution >= 0.6 is 22.6 Å². The Hall–Kier alpha value is -0.530. The van der Waals surface area contributed by atoms with Crippen LogP contribution in [0.1, 0.15) is 13.3 Å². The van der Waals surface area contributed by atoms with Gasteiger partial charge in [0.2, 0.25) is 0 Å². The molecule has 5 heteroatoms. The summed E-state index contributed by atoms with van der Waals surface area (Å²) in [6.07, 6.45) is 0.550. The van der Waals surface area contributed by atoms with Gasteiger partial charge in [-0.1, -0.05) is 0 Å². The lowest BCUT2D eigenvalue weighted by Gasteiger charge is -2.27. The molecule has 1 aliphatic heterocycles. The first-order valence-electron chi connectivity index (χ1n) is 5.64. The number of aliphatic hydroxyl groups is 1. The standard InChI is InChI=1S/C12H17IN2O2/c1-8-12(16,4-5-17-8)7-15-11-3-2-9(14)6-10(11)13/h2-3,6,8,15-16H,4-5,7,14H2,1H3. The number of halogens is 1. The van der Waals surface area contributed by atoms with Crippen LogP contribution in [0.4, 0.5) is 11.4 Å². The van der Waals surface area contributed by atoms with Gasteiger partial charge in [0.15, 0.2) is 0 Å². The Morgan fingerprint density at radius 1 is 1.65 bits per heavy atom. The van der Waals surface area contributed by atoms with Crippen molar-refractivity contribution in [2.75, 3.05) is 24.2 Å². The Morgan fingerprint density at radius 3 is 3.00 bits per heavy atom. The number of hydrogen-bond donors (Lipinski definition) is 3. The van der Waals surface area contributed by atoms with Crippen molar-refractivity contribution in [3.8, 4) is 0 Å². The molecular formula is C12H17IN2O2. The van der Waals surface area contributed by atoms with E-state index in [1.165, 1.54) is 0 Å². The molecule has 0 amide bonds. The van der Waals surface area contributed by atoms with Gasteiger partial charge in [0, 0.05) is 34.5 Å². The van der Waals surface area contributed by atoms with E-state index >= 15 is 0 Å². The molecule has 0 aromatic heterocycles. The fourth-order valence-electron chi connectivity index (χ4n) is 1.93. The van der Waals surface area contributed by atoms with Gasteiger partial charge < -0.3 is 20.9 Å². The van der Waals surface area contributed by atoms with E-state index in [4.69, 9.17) is 10.5 Å². The molecular weight excluding hydrogens is 331 g/mol. The third-order valence-corrected chi connectivity index (χ3v) is 4.13. The third kappa shape index (κ3) is 2.83. The van der Waals surface area contributed by atoms with Crippen molar-refractivity contribution >= 4 is 34.0 Å². The lowest BCUT2D eigenvalue weighted by atomic mass is 9.96. The van der Waals surface area contributed by atoms with Gasteiger partial charge in [-0.05, 0) is 47.7 Å². The lowest BCUT2D eigenvalue weighted by Crippen LogP contribution is -2.43. The molecule has 17 heavy (non-hydrogen) atoms. The molecule has 1 aromatic rings. The van der Waals surface area contributed by atoms with E-state index in [9.17, 15) is 5.11 Å². The van der Waals surface area contributed by atoms with Crippen molar-refractivity contribution in [2.24, 2.45) is 0 Å². The van der Waals surface area contributed by atoms with Crippen LogP contribution in [0.15, 0.2) is 18.2 Å². The first kappa shape index (κ1) is 12.9. The Bertz CT molecular complexity index is 413. The summed E-state index contributed by atoms with van der Waals surface area (Å²) in [6.45, 7) is 3.02. The Labute approximate surface area is 115 Å². The molecule has 1 aromatic carbocycles. The molecule has 4 N–H and O–H groups in total. The molecule has 0 bridgehead atoms. The second kappa shape index (κ2) is 4.99. The first-order chi connectivity index (χ1) is 8.01. The number of hydrogen-bond acceptors (Lipinski definition) is 4. The molecule has 0 aliphatic carbocycles. The summed E-state index contributed by atoms with van der Waals surface area (Å²) in [5.41, 5.74) is 6.66. The summed E-state index contributed by atoms with van der Waals surface area (Å²) in [5, 5.41) is 13.6. The van der Waals surface area contributed by atoms with Crippen molar-refractivity contribution in [3.63, 3.8) is 0 Å². The van der Waals surface area contributed by atoms with Crippen LogP contribution in [0.2, 0.25) is 0 Å². The van der Waals surface area contributed by atoms with E-state index in [0.29, 0.717) is 19.6 Å². The molecule has 1 aliphatic rings. The zero-order chi connectivity index (χ0) is 12.5. The second-order valence-corrected chi connectivity index (χ2v) is 5.62. The van der Waals surface area contributed by atoms with Gasteiger partial charge in [-0.2, -0.15) is 0 Å². The zero-order valence-corrected chi connectivity index (χ0v) is 11.9. The summed E-state index contributed by atoms with van der Waals surface area (Å²) < 4.78 is 6.45. The van der Waals surface area contributed by atoms with Gasteiger partial charge in [0.05, 0.1) is 6.10 Å². The summed E-state index contributed by atoms with van der Waals surface area (Å²) in [4.78, 5) is 0. The Kier molecular flexibility index (Phi) is 3.79. The maximum atomic E-state index is 10.4. The van der Waals surface area contributed by atoms with Crippen LogP contribution in [0.3, 0.4) is 0 Å². The number of nitrogens with two attached hydrogens (primary N) is 1. The number of nitrogens with one attached hydrogen (secondary N) is 1. The van der Waals surface area contributed by atoms with E-state index in [-0.39, 0.29) is 6.10 Å². The predicted octanol–water partition coefficient (Wildman–Crippen LogP) is 1.83. The van der Waals surface area contributed by atoms with E-state index < -0.39 is 5.60 Å². The fraction of sp³-hybridized carbons (Fsp3) is 0.500. The van der Waals surface area contributed by atoms with Crippen molar-refractivity contribution in [1.29, 1.82) is 0 Å². The minimum Gasteiger partial charge on any atom is -0.399 e. The number of ether oxygens (including phenoxy) is 1. The Morgan fingerprint density at radius 2 is 2.41 bits per heavy atom. The van der Waals surface area contributed by atoms with E-state index in [1.807, 2.05) is 25.1 Å². The van der Waals surface area contributed by atoms with Crippen molar-refractivity contribution in [1.82, 2.24) is 0 Å². The molecule has 0 radical (unpaired) electrons. The molecule has 1 saturated heterocycles. The number of benzene rings is 1. The maximum absolute atomic E-state index is 10.4. The van der Waals surface area contributed by atoms with Gasteiger partial charge >= 0.3 is 0 Å². The summed E-state index contributed by atoms with van der Waals surface area (Å²) in [7, 11) is 0. The SMILES string of the molecule is CC1OCCC1(O)CNc1ccc(N)cc1I. The molecule has 0 saturated carbocycles. The third-order valence-electron chi connectivity index (χ3n) is 3.24. The average Bonchev–Trinajstić information content (AvgIpc) is 2.59. The van der Waals surface area contributed by atoms with Crippen LogP contribution in [-0.2, 0) is 4.74 Å². The zero-order valence-electron chi connectivity index (χ0n) is 9.74. The predicted molar refractivity (Wildman–Crippen MR) is 77.0 cm³/mol. The van der Waals surface area contributed by atoms with Gasteiger partial charge in [0.1, 0.15) is 5.60 Å². The van der Waals surface area contributed by atoms with E-state index in [2.05, 4.69) is 27.9 Å². The molecule has 2 rings (SSSR count). The first-order valence-corrected chi connectivity index (χ1v) is 6.72. The Balaban J connectivity index is 2.02. The van der Waals surface area contributed by atoms with Gasteiger partial charge in [0.25, 0.3) is 0 Å². The van der Waals surface area contributed by atoms with Crippen LogP contribution in [0.5, 0.6) is 0 Å². The van der Waals surface area contributed by atoms with Gasteiger partial charge in [-0.25, -0.2) is 0 Å². The van der Waals surface area contributed by atoms with Crippen LogP contribution in [-0.4, -0.2) is 30.0 Å². The smallest absolute Gasteiger partial charge is 0.110 e. The average molecular weight is 348 g/mol. The van der Waals surface area contributed by atoms with Crippen LogP contribution in [0.25, 0.3) is 0 Å². The minimum atomic E-state index is -0.773. The number of rotatable bonds is 3. The fourth-order valence-corrected chi connectivity index (χ4v) is 2.66. The summed E-state index contributed by atoms with van der Waals surface area (Å²) in [5.74, 6) is 0. The summed E-state index contributed by atoms with van der Waals surface area (Å²) in [6, 6.07) is 5.69. The molecule has 4 nitrogen and oxygen atoms in total. The maximum Gasteiger partial charge on any atom is 0.110 e. The monoisotopic (exact) mass is 348 g/mol. The van der Waals surface area contributed by atoms with E-state index in [0.717, 1.165) is 14.9 Å². The highest BCUT2D eigenvalue weighted by Crippen LogP contribution is 2.27. The van der Waals surface area contributed by atoms with Crippen molar-refractivity contribution < 1.29 is 9.84 Å². The molecule has 1 fully saturated rings.